The maximum Gasteiger partial charge on any atom is 0.306 e. The Labute approximate surface area is 197 Å². The first-order chi connectivity index (χ1) is 15.3. The molecule has 8 heteroatoms. The van der Waals surface area contributed by atoms with E-state index in [0.717, 1.165) is 16.5 Å². The van der Waals surface area contributed by atoms with E-state index in [2.05, 4.69) is 27.8 Å². The quantitative estimate of drug-likeness (QED) is 0.547. The normalized spacial score (nSPS) is 19.1. The van der Waals surface area contributed by atoms with Crippen LogP contribution in [0, 0.1) is 17.8 Å². The summed E-state index contributed by atoms with van der Waals surface area (Å²) in [4.78, 5) is 13.6. The average molecular weight is 520 g/mol. The van der Waals surface area contributed by atoms with Gasteiger partial charge in [0.15, 0.2) is 9.84 Å². The van der Waals surface area contributed by atoms with Crippen molar-refractivity contribution in [3.8, 4) is 17.6 Å². The number of benzene rings is 2. The molecule has 6 nitrogen and oxygen atoms in total. The monoisotopic (exact) mass is 519 g/mol. The second-order valence-electron chi connectivity index (χ2n) is 7.62. The average Bonchev–Trinajstić information content (AvgIpc) is 2.78. The molecular formula is C24H26BrNO5S. The van der Waals surface area contributed by atoms with Crippen LogP contribution in [0.1, 0.15) is 31.7 Å². The van der Waals surface area contributed by atoms with Crippen molar-refractivity contribution in [2.45, 2.75) is 43.0 Å². The first-order valence-corrected chi connectivity index (χ1v) is 12.8. The minimum atomic E-state index is -3.78. The van der Waals surface area contributed by atoms with Gasteiger partial charge in [-0.05, 0) is 54.8 Å². The van der Waals surface area contributed by atoms with Crippen LogP contribution in [0.4, 0.5) is 0 Å². The van der Waals surface area contributed by atoms with Gasteiger partial charge >= 0.3 is 5.97 Å². The molecule has 1 N–H and O–H groups in total. The number of aliphatic carboxylic acids is 1. The third kappa shape index (κ3) is 6.12. The highest BCUT2D eigenvalue weighted by atomic mass is 79.9. The predicted octanol–water partition coefficient (Wildman–Crippen LogP) is 4.34. The molecule has 0 aromatic heterocycles. The summed E-state index contributed by atoms with van der Waals surface area (Å²) in [6, 6.07) is 13.9. The van der Waals surface area contributed by atoms with E-state index < -0.39 is 27.1 Å². The number of hydrogen-bond donors (Lipinski definition) is 1. The van der Waals surface area contributed by atoms with Crippen molar-refractivity contribution in [1.82, 2.24) is 4.90 Å². The van der Waals surface area contributed by atoms with Crippen LogP contribution in [0.15, 0.2) is 57.9 Å². The largest absolute Gasteiger partial charge is 0.481 e. The van der Waals surface area contributed by atoms with Crippen LogP contribution in [0.2, 0.25) is 0 Å². The molecule has 1 heterocycles. The highest BCUT2D eigenvalue weighted by Crippen LogP contribution is 2.32. The van der Waals surface area contributed by atoms with Crippen molar-refractivity contribution in [3.05, 3.63) is 58.6 Å². The van der Waals surface area contributed by atoms with Crippen molar-refractivity contribution in [2.24, 2.45) is 5.92 Å². The summed E-state index contributed by atoms with van der Waals surface area (Å²) in [5.74, 6) is 4.68. The lowest BCUT2D eigenvalue weighted by Crippen LogP contribution is -2.47. The molecule has 2 atom stereocenters. The number of hydrogen-bond acceptors (Lipinski definition) is 5. The van der Waals surface area contributed by atoms with Crippen LogP contribution >= 0.6 is 15.9 Å². The zero-order chi connectivity index (χ0) is 23.1. The van der Waals surface area contributed by atoms with Gasteiger partial charge < -0.3 is 9.84 Å². The first kappa shape index (κ1) is 24.3. The number of carboxylic acid groups (broad SMARTS) is 1. The molecule has 1 aliphatic rings. The van der Waals surface area contributed by atoms with Gasteiger partial charge in [0.05, 0.1) is 10.8 Å². The molecule has 2 aromatic carbocycles. The molecule has 0 aliphatic carbocycles. The highest BCUT2D eigenvalue weighted by Gasteiger charge is 2.40. The van der Waals surface area contributed by atoms with Gasteiger partial charge in [0.25, 0.3) is 0 Å². The predicted molar refractivity (Wildman–Crippen MR) is 126 cm³/mol. The number of likely N-dealkylation sites (tertiary alicyclic amines) is 1. The number of halogens is 1. The van der Waals surface area contributed by atoms with E-state index in [1.807, 2.05) is 36.1 Å². The van der Waals surface area contributed by atoms with Gasteiger partial charge in [-0.3, -0.25) is 9.69 Å². The van der Waals surface area contributed by atoms with Gasteiger partial charge in [-0.1, -0.05) is 40.9 Å². The summed E-state index contributed by atoms with van der Waals surface area (Å²) in [5.41, 5.74) is 0.971. The van der Waals surface area contributed by atoms with Gasteiger partial charge in [0.1, 0.15) is 17.7 Å². The van der Waals surface area contributed by atoms with Crippen molar-refractivity contribution in [3.63, 3.8) is 0 Å². The lowest BCUT2D eigenvalue weighted by molar-refractivity contribution is -0.143. The van der Waals surface area contributed by atoms with Gasteiger partial charge in [-0.2, -0.15) is 0 Å². The standard InChI is InChI=1S/C24H26BrNO5S/c1-2-3-4-15-31-21-9-11-22(12-10-21)32(29,30)23-16-19(24(27)28)13-14-26(23)17-18-5-7-20(25)8-6-18/h5-12,19,23H,2,13-17H2,1H3,(H,27,28). The van der Waals surface area contributed by atoms with E-state index in [-0.39, 0.29) is 17.9 Å². The zero-order valence-corrected chi connectivity index (χ0v) is 20.2. The summed E-state index contributed by atoms with van der Waals surface area (Å²) in [5, 5.41) is 8.60. The number of nitrogens with zero attached hydrogens (tertiary/aromatic N) is 1. The Balaban J connectivity index is 1.82. The molecule has 3 rings (SSSR count). The third-order valence-electron chi connectivity index (χ3n) is 5.43. The Bertz CT molecular complexity index is 1090. The molecule has 2 unspecified atom stereocenters. The fourth-order valence-electron chi connectivity index (χ4n) is 3.71. The molecule has 32 heavy (non-hydrogen) atoms. The van der Waals surface area contributed by atoms with Crippen LogP contribution in [0.3, 0.4) is 0 Å². The summed E-state index contributed by atoms with van der Waals surface area (Å²) in [6.45, 7) is 3.02. The molecule has 0 amide bonds. The highest BCUT2D eigenvalue weighted by molar-refractivity contribution is 9.10. The summed E-state index contributed by atoms with van der Waals surface area (Å²) < 4.78 is 33.5. The number of carbonyl (C=O) groups is 1. The van der Waals surface area contributed by atoms with E-state index in [1.54, 1.807) is 12.1 Å². The van der Waals surface area contributed by atoms with Crippen LogP contribution in [0.25, 0.3) is 0 Å². The van der Waals surface area contributed by atoms with E-state index in [0.29, 0.717) is 25.3 Å². The molecule has 170 valence electrons. The van der Waals surface area contributed by atoms with Crippen LogP contribution < -0.4 is 4.74 Å². The second kappa shape index (κ2) is 11.0. The molecule has 2 aromatic rings. The van der Waals surface area contributed by atoms with Crippen molar-refractivity contribution in [1.29, 1.82) is 0 Å². The summed E-state index contributed by atoms with van der Waals surface area (Å²) >= 11 is 3.41. The first-order valence-electron chi connectivity index (χ1n) is 10.4. The maximum absolute atomic E-state index is 13.5. The number of sulfone groups is 1. The Morgan fingerprint density at radius 3 is 2.47 bits per heavy atom. The number of piperidine rings is 1. The number of carboxylic acids is 1. The van der Waals surface area contributed by atoms with E-state index in [9.17, 15) is 18.3 Å². The topological polar surface area (TPSA) is 83.9 Å². The maximum atomic E-state index is 13.5. The molecule has 1 saturated heterocycles. The van der Waals surface area contributed by atoms with Crippen LogP contribution in [0.5, 0.6) is 5.75 Å². The van der Waals surface area contributed by atoms with Crippen molar-refractivity contribution in [2.75, 3.05) is 13.2 Å². The molecule has 0 saturated carbocycles. The molecule has 0 spiro atoms. The smallest absolute Gasteiger partial charge is 0.306 e. The van der Waals surface area contributed by atoms with E-state index >= 15 is 0 Å². The molecule has 0 radical (unpaired) electrons. The van der Waals surface area contributed by atoms with Gasteiger partial charge in [0, 0.05) is 24.0 Å². The molecule has 1 aliphatic heterocycles. The number of rotatable bonds is 7. The van der Waals surface area contributed by atoms with Gasteiger partial charge in [-0.25, -0.2) is 8.42 Å². The van der Waals surface area contributed by atoms with Gasteiger partial charge in [-0.15, -0.1) is 5.92 Å². The van der Waals surface area contributed by atoms with Crippen LogP contribution in [-0.2, 0) is 21.2 Å². The van der Waals surface area contributed by atoms with Crippen molar-refractivity contribution >= 4 is 31.7 Å². The molecule has 0 bridgehead atoms. The van der Waals surface area contributed by atoms with E-state index in [4.69, 9.17) is 4.74 Å². The fourth-order valence-corrected chi connectivity index (χ4v) is 5.86. The minimum Gasteiger partial charge on any atom is -0.481 e. The molecular weight excluding hydrogens is 494 g/mol. The Kier molecular flexibility index (Phi) is 8.35. The van der Waals surface area contributed by atoms with E-state index in [1.165, 1.54) is 12.1 Å². The molecule has 1 fully saturated rings. The second-order valence-corrected chi connectivity index (χ2v) is 10.6. The Morgan fingerprint density at radius 2 is 1.84 bits per heavy atom. The lowest BCUT2D eigenvalue weighted by Gasteiger charge is -2.37. The zero-order valence-electron chi connectivity index (χ0n) is 17.8. The van der Waals surface area contributed by atoms with Gasteiger partial charge in [0.2, 0.25) is 0 Å². The SMILES string of the molecule is CCC#CCOc1ccc(S(=O)(=O)C2CC(C(=O)O)CCN2Cc2ccc(Br)cc2)cc1. The Hall–Kier alpha value is -2.34. The summed E-state index contributed by atoms with van der Waals surface area (Å²) in [6.07, 6.45) is 1.22. The Morgan fingerprint density at radius 1 is 1.16 bits per heavy atom. The number of ether oxygens (including phenoxy) is 1. The third-order valence-corrected chi connectivity index (χ3v) is 8.09. The minimum absolute atomic E-state index is 0.0546. The van der Waals surface area contributed by atoms with Crippen molar-refractivity contribution < 1.29 is 23.1 Å². The summed E-state index contributed by atoms with van der Waals surface area (Å²) in [7, 11) is -3.78. The van der Waals surface area contributed by atoms with Crippen LogP contribution in [-0.4, -0.2) is 42.9 Å². The fraction of sp³-hybridized carbons (Fsp3) is 0.375. The lowest BCUT2D eigenvalue weighted by atomic mass is 9.96.